The minimum absolute atomic E-state index is 0.150. The molecule has 3 nitrogen and oxygen atoms in total. The molecule has 0 saturated carbocycles. The van der Waals surface area contributed by atoms with Crippen LogP contribution >= 0.6 is 0 Å². The highest BCUT2D eigenvalue weighted by Gasteiger charge is 2.31. The Bertz CT molecular complexity index is 472. The monoisotopic (exact) mass is 258 g/mol. The smallest absolute Gasteiger partial charge is 0.224 e. The summed E-state index contributed by atoms with van der Waals surface area (Å²) in [6.07, 6.45) is 3.13. The van der Waals surface area contributed by atoms with Gasteiger partial charge in [-0.15, -0.1) is 0 Å². The summed E-state index contributed by atoms with van der Waals surface area (Å²) in [5.41, 5.74) is 2.85. The zero-order chi connectivity index (χ0) is 13.2. The van der Waals surface area contributed by atoms with Gasteiger partial charge in [0, 0.05) is 12.6 Å². The van der Waals surface area contributed by atoms with Gasteiger partial charge in [0.1, 0.15) is 0 Å². The van der Waals surface area contributed by atoms with Crippen molar-refractivity contribution in [2.45, 2.75) is 32.2 Å². The molecule has 3 rings (SSSR count). The van der Waals surface area contributed by atoms with E-state index in [4.69, 9.17) is 0 Å². The SMILES string of the molecule is CC1CNCC1C(=O)NC1CCc2ccccc2C1. The van der Waals surface area contributed by atoms with Crippen molar-refractivity contribution < 1.29 is 4.79 Å². The summed E-state index contributed by atoms with van der Waals surface area (Å²) in [5.74, 6) is 0.843. The maximum absolute atomic E-state index is 12.3. The van der Waals surface area contributed by atoms with Gasteiger partial charge in [0.05, 0.1) is 5.92 Å². The summed E-state index contributed by atoms with van der Waals surface area (Å²) < 4.78 is 0. The maximum Gasteiger partial charge on any atom is 0.224 e. The Morgan fingerprint density at radius 3 is 2.79 bits per heavy atom. The van der Waals surface area contributed by atoms with E-state index in [0.29, 0.717) is 12.0 Å². The summed E-state index contributed by atoms with van der Waals surface area (Å²) in [7, 11) is 0. The maximum atomic E-state index is 12.3. The van der Waals surface area contributed by atoms with Crippen molar-refractivity contribution in [1.29, 1.82) is 0 Å². The molecule has 3 heteroatoms. The Labute approximate surface area is 114 Å². The molecule has 1 fully saturated rings. The minimum atomic E-state index is 0.150. The second kappa shape index (κ2) is 5.33. The first-order chi connectivity index (χ1) is 9.24. The van der Waals surface area contributed by atoms with E-state index < -0.39 is 0 Å². The number of carbonyl (C=O) groups excluding carboxylic acids is 1. The molecule has 3 unspecified atom stereocenters. The van der Waals surface area contributed by atoms with Gasteiger partial charge in [0.15, 0.2) is 0 Å². The predicted molar refractivity (Wildman–Crippen MR) is 75.9 cm³/mol. The molecule has 3 atom stereocenters. The minimum Gasteiger partial charge on any atom is -0.353 e. The third-order valence-electron chi connectivity index (χ3n) is 4.55. The van der Waals surface area contributed by atoms with Gasteiger partial charge in [-0.1, -0.05) is 31.2 Å². The number of hydrogen-bond donors (Lipinski definition) is 2. The summed E-state index contributed by atoms with van der Waals surface area (Å²) in [6, 6.07) is 8.90. The van der Waals surface area contributed by atoms with Crippen LogP contribution in [0.2, 0.25) is 0 Å². The molecule has 1 aromatic carbocycles. The third kappa shape index (κ3) is 2.66. The highest BCUT2D eigenvalue weighted by atomic mass is 16.2. The standard InChI is InChI=1S/C16H22N2O/c1-11-9-17-10-15(11)16(19)18-14-7-6-12-4-2-3-5-13(12)8-14/h2-5,11,14-15,17H,6-10H2,1H3,(H,18,19). The quantitative estimate of drug-likeness (QED) is 0.844. The lowest BCUT2D eigenvalue weighted by atomic mass is 9.87. The molecule has 102 valence electrons. The van der Waals surface area contributed by atoms with Crippen molar-refractivity contribution in [2.24, 2.45) is 11.8 Å². The van der Waals surface area contributed by atoms with Gasteiger partial charge in [-0.3, -0.25) is 4.79 Å². The van der Waals surface area contributed by atoms with Crippen LogP contribution in [-0.4, -0.2) is 25.0 Å². The fourth-order valence-corrected chi connectivity index (χ4v) is 3.29. The topological polar surface area (TPSA) is 41.1 Å². The molecule has 0 radical (unpaired) electrons. The van der Waals surface area contributed by atoms with Gasteiger partial charge >= 0.3 is 0 Å². The number of aryl methyl sites for hydroxylation is 1. The molecule has 1 saturated heterocycles. The van der Waals surface area contributed by atoms with Crippen molar-refractivity contribution in [3.05, 3.63) is 35.4 Å². The van der Waals surface area contributed by atoms with E-state index >= 15 is 0 Å². The Morgan fingerprint density at radius 1 is 1.26 bits per heavy atom. The first-order valence-electron chi connectivity index (χ1n) is 7.32. The lowest BCUT2D eigenvalue weighted by Crippen LogP contribution is -2.43. The van der Waals surface area contributed by atoms with E-state index in [1.165, 1.54) is 11.1 Å². The fraction of sp³-hybridized carbons (Fsp3) is 0.562. The third-order valence-corrected chi connectivity index (χ3v) is 4.55. The number of fused-ring (bicyclic) bond motifs is 1. The Kier molecular flexibility index (Phi) is 3.56. The van der Waals surface area contributed by atoms with Crippen LogP contribution in [0.15, 0.2) is 24.3 Å². The Hall–Kier alpha value is -1.35. The molecule has 0 bridgehead atoms. The molecule has 2 N–H and O–H groups in total. The number of rotatable bonds is 2. The highest BCUT2D eigenvalue weighted by Crippen LogP contribution is 2.22. The van der Waals surface area contributed by atoms with Crippen molar-refractivity contribution in [3.63, 3.8) is 0 Å². The van der Waals surface area contributed by atoms with Crippen molar-refractivity contribution in [3.8, 4) is 0 Å². The van der Waals surface area contributed by atoms with Gasteiger partial charge < -0.3 is 10.6 Å². The van der Waals surface area contributed by atoms with Crippen LogP contribution in [-0.2, 0) is 17.6 Å². The number of carbonyl (C=O) groups is 1. The number of hydrogen-bond acceptors (Lipinski definition) is 2. The Balaban J connectivity index is 1.61. The molecular weight excluding hydrogens is 236 g/mol. The lowest BCUT2D eigenvalue weighted by molar-refractivity contribution is -0.126. The van der Waals surface area contributed by atoms with E-state index in [1.807, 2.05) is 0 Å². The summed E-state index contributed by atoms with van der Waals surface area (Å²) in [6.45, 7) is 3.95. The van der Waals surface area contributed by atoms with E-state index in [-0.39, 0.29) is 11.8 Å². The van der Waals surface area contributed by atoms with Crippen LogP contribution in [0.1, 0.15) is 24.5 Å². The number of amides is 1. The molecule has 0 spiro atoms. The van der Waals surface area contributed by atoms with Gasteiger partial charge in [0.2, 0.25) is 5.91 Å². The summed E-state index contributed by atoms with van der Waals surface area (Å²) >= 11 is 0. The van der Waals surface area contributed by atoms with E-state index in [2.05, 4.69) is 41.8 Å². The summed E-state index contributed by atoms with van der Waals surface area (Å²) in [5, 5.41) is 6.55. The van der Waals surface area contributed by atoms with Gasteiger partial charge in [0.25, 0.3) is 0 Å². The van der Waals surface area contributed by atoms with Gasteiger partial charge in [-0.2, -0.15) is 0 Å². The highest BCUT2D eigenvalue weighted by molar-refractivity contribution is 5.80. The largest absolute Gasteiger partial charge is 0.353 e. The van der Waals surface area contributed by atoms with Crippen LogP contribution in [0.3, 0.4) is 0 Å². The number of nitrogens with one attached hydrogen (secondary N) is 2. The Morgan fingerprint density at radius 2 is 2.05 bits per heavy atom. The van der Waals surface area contributed by atoms with Crippen molar-refractivity contribution in [2.75, 3.05) is 13.1 Å². The average molecular weight is 258 g/mol. The van der Waals surface area contributed by atoms with Crippen LogP contribution < -0.4 is 10.6 Å². The van der Waals surface area contributed by atoms with Gasteiger partial charge in [-0.25, -0.2) is 0 Å². The zero-order valence-electron chi connectivity index (χ0n) is 11.5. The molecule has 0 aromatic heterocycles. The molecule has 1 heterocycles. The van der Waals surface area contributed by atoms with E-state index in [9.17, 15) is 4.79 Å². The average Bonchev–Trinajstić information content (AvgIpc) is 2.85. The van der Waals surface area contributed by atoms with Crippen molar-refractivity contribution >= 4 is 5.91 Å². The zero-order valence-corrected chi connectivity index (χ0v) is 11.5. The van der Waals surface area contributed by atoms with Crippen LogP contribution in [0.5, 0.6) is 0 Å². The van der Waals surface area contributed by atoms with E-state index in [0.717, 1.165) is 32.4 Å². The van der Waals surface area contributed by atoms with Crippen LogP contribution in [0, 0.1) is 11.8 Å². The second-order valence-electron chi connectivity index (χ2n) is 5.96. The van der Waals surface area contributed by atoms with Gasteiger partial charge in [-0.05, 0) is 42.9 Å². The molecule has 1 aromatic rings. The van der Waals surface area contributed by atoms with Crippen molar-refractivity contribution in [1.82, 2.24) is 10.6 Å². The molecule has 19 heavy (non-hydrogen) atoms. The molecular formula is C16H22N2O. The molecule has 1 aliphatic carbocycles. The summed E-state index contributed by atoms with van der Waals surface area (Å²) in [4.78, 5) is 12.3. The predicted octanol–water partition coefficient (Wildman–Crippen LogP) is 1.52. The fourth-order valence-electron chi connectivity index (χ4n) is 3.29. The number of benzene rings is 1. The van der Waals surface area contributed by atoms with E-state index in [1.54, 1.807) is 0 Å². The van der Waals surface area contributed by atoms with Crippen LogP contribution in [0.4, 0.5) is 0 Å². The second-order valence-corrected chi connectivity index (χ2v) is 5.96. The molecule has 2 aliphatic rings. The molecule has 1 aliphatic heterocycles. The van der Waals surface area contributed by atoms with Crippen LogP contribution in [0.25, 0.3) is 0 Å². The first kappa shape index (κ1) is 12.7. The first-order valence-corrected chi connectivity index (χ1v) is 7.32. The molecule has 1 amide bonds. The lowest BCUT2D eigenvalue weighted by Gasteiger charge is -2.27. The normalized spacial score (nSPS) is 29.8.